The standard InChI is InChI=1S/C12H15ClN2/c1-3-6-15-11-7-9(2)4-5-10(11)14-12(15)8-13/h4-5,7H,3,6,8H2,1-2H3. The number of fused-ring (bicyclic) bond motifs is 1. The summed E-state index contributed by atoms with van der Waals surface area (Å²) >= 11 is 5.90. The summed E-state index contributed by atoms with van der Waals surface area (Å²) in [6.45, 7) is 5.25. The van der Waals surface area contributed by atoms with Gasteiger partial charge in [-0.2, -0.15) is 0 Å². The number of alkyl halides is 1. The van der Waals surface area contributed by atoms with Crippen molar-refractivity contribution in [3.8, 4) is 0 Å². The van der Waals surface area contributed by atoms with Crippen LogP contribution in [-0.2, 0) is 12.4 Å². The monoisotopic (exact) mass is 222 g/mol. The predicted octanol–water partition coefficient (Wildman–Crippen LogP) is 3.49. The van der Waals surface area contributed by atoms with Gasteiger partial charge in [0.2, 0.25) is 0 Å². The molecule has 2 rings (SSSR count). The summed E-state index contributed by atoms with van der Waals surface area (Å²) < 4.78 is 2.22. The van der Waals surface area contributed by atoms with Crippen LogP contribution in [0.4, 0.5) is 0 Å². The van der Waals surface area contributed by atoms with Crippen LogP contribution in [0.25, 0.3) is 11.0 Å². The van der Waals surface area contributed by atoms with Gasteiger partial charge in [0, 0.05) is 6.54 Å². The average molecular weight is 223 g/mol. The van der Waals surface area contributed by atoms with Gasteiger partial charge in [-0.25, -0.2) is 4.98 Å². The van der Waals surface area contributed by atoms with Crippen LogP contribution in [0.5, 0.6) is 0 Å². The quantitative estimate of drug-likeness (QED) is 0.727. The largest absolute Gasteiger partial charge is 0.327 e. The number of imidazole rings is 1. The third-order valence-electron chi connectivity index (χ3n) is 2.55. The molecule has 2 aromatic rings. The van der Waals surface area contributed by atoms with E-state index in [4.69, 9.17) is 11.6 Å². The van der Waals surface area contributed by atoms with Gasteiger partial charge < -0.3 is 4.57 Å². The molecule has 0 saturated carbocycles. The highest BCUT2D eigenvalue weighted by molar-refractivity contribution is 6.16. The van der Waals surface area contributed by atoms with Crippen molar-refractivity contribution in [2.45, 2.75) is 32.7 Å². The summed E-state index contributed by atoms with van der Waals surface area (Å²) in [5.74, 6) is 1.45. The van der Waals surface area contributed by atoms with Gasteiger partial charge >= 0.3 is 0 Å². The van der Waals surface area contributed by atoms with E-state index in [-0.39, 0.29) is 0 Å². The van der Waals surface area contributed by atoms with Crippen LogP contribution >= 0.6 is 11.6 Å². The Morgan fingerprint density at radius 1 is 1.40 bits per heavy atom. The molecule has 0 bridgehead atoms. The van der Waals surface area contributed by atoms with Crippen LogP contribution in [0.3, 0.4) is 0 Å². The summed E-state index contributed by atoms with van der Waals surface area (Å²) in [4.78, 5) is 4.52. The Hall–Kier alpha value is -1.02. The molecule has 1 aromatic carbocycles. The number of aromatic nitrogens is 2. The Bertz CT molecular complexity index is 474. The topological polar surface area (TPSA) is 17.8 Å². The molecule has 0 unspecified atom stereocenters. The van der Waals surface area contributed by atoms with Crippen molar-refractivity contribution in [3.05, 3.63) is 29.6 Å². The third kappa shape index (κ3) is 1.86. The van der Waals surface area contributed by atoms with Gasteiger partial charge in [0.05, 0.1) is 16.9 Å². The normalized spacial score (nSPS) is 11.1. The van der Waals surface area contributed by atoms with E-state index >= 15 is 0 Å². The summed E-state index contributed by atoms with van der Waals surface area (Å²) in [6.07, 6.45) is 1.10. The van der Waals surface area contributed by atoms with Crippen LogP contribution < -0.4 is 0 Å². The summed E-state index contributed by atoms with van der Waals surface area (Å²) in [6, 6.07) is 6.32. The van der Waals surface area contributed by atoms with Crippen molar-refractivity contribution >= 4 is 22.6 Å². The maximum Gasteiger partial charge on any atom is 0.124 e. The molecule has 1 aromatic heterocycles. The van der Waals surface area contributed by atoms with Crippen molar-refractivity contribution in [2.24, 2.45) is 0 Å². The molecule has 2 nitrogen and oxygen atoms in total. The molecule has 0 fully saturated rings. The highest BCUT2D eigenvalue weighted by Gasteiger charge is 2.08. The van der Waals surface area contributed by atoms with Crippen molar-refractivity contribution in [2.75, 3.05) is 0 Å². The molecule has 3 heteroatoms. The van der Waals surface area contributed by atoms with E-state index in [0.717, 1.165) is 24.3 Å². The SMILES string of the molecule is CCCn1c(CCl)nc2ccc(C)cc21. The first-order valence-electron chi connectivity index (χ1n) is 5.28. The molecule has 0 atom stereocenters. The molecule has 0 radical (unpaired) electrons. The number of rotatable bonds is 3. The van der Waals surface area contributed by atoms with Crippen LogP contribution in [0.1, 0.15) is 24.7 Å². The van der Waals surface area contributed by atoms with Gasteiger partial charge in [-0.05, 0) is 31.0 Å². The number of nitrogens with zero attached hydrogens (tertiary/aromatic N) is 2. The molecule has 0 N–H and O–H groups in total. The highest BCUT2D eigenvalue weighted by atomic mass is 35.5. The molecular formula is C12H15ClN2. The fourth-order valence-electron chi connectivity index (χ4n) is 1.86. The highest BCUT2D eigenvalue weighted by Crippen LogP contribution is 2.19. The Balaban J connectivity index is 2.65. The number of aryl methyl sites for hydroxylation is 2. The Labute approximate surface area is 94.9 Å². The first kappa shape index (κ1) is 10.5. The third-order valence-corrected chi connectivity index (χ3v) is 2.79. The number of benzene rings is 1. The van der Waals surface area contributed by atoms with E-state index < -0.39 is 0 Å². The lowest BCUT2D eigenvalue weighted by molar-refractivity contribution is 0.672. The van der Waals surface area contributed by atoms with E-state index in [2.05, 4.69) is 41.6 Å². The lowest BCUT2D eigenvalue weighted by atomic mass is 10.2. The molecular weight excluding hydrogens is 208 g/mol. The molecule has 15 heavy (non-hydrogen) atoms. The minimum Gasteiger partial charge on any atom is -0.327 e. The Morgan fingerprint density at radius 2 is 2.20 bits per heavy atom. The number of halogens is 1. The van der Waals surface area contributed by atoms with Crippen LogP contribution in [0.2, 0.25) is 0 Å². The molecule has 0 saturated heterocycles. The van der Waals surface area contributed by atoms with Gasteiger partial charge in [-0.3, -0.25) is 0 Å². The molecule has 0 amide bonds. The molecule has 0 spiro atoms. The molecule has 0 aliphatic rings. The van der Waals surface area contributed by atoms with E-state index in [1.54, 1.807) is 0 Å². The van der Waals surface area contributed by atoms with Gasteiger partial charge in [-0.1, -0.05) is 13.0 Å². The molecule has 0 aliphatic carbocycles. The molecule has 0 aliphatic heterocycles. The van der Waals surface area contributed by atoms with Crippen LogP contribution in [0, 0.1) is 6.92 Å². The fourth-order valence-corrected chi connectivity index (χ4v) is 2.06. The first-order valence-corrected chi connectivity index (χ1v) is 5.81. The maximum atomic E-state index is 5.90. The van der Waals surface area contributed by atoms with Gasteiger partial charge in [0.1, 0.15) is 5.82 Å². The van der Waals surface area contributed by atoms with Crippen molar-refractivity contribution < 1.29 is 0 Å². The molecule has 80 valence electrons. The van der Waals surface area contributed by atoms with Crippen molar-refractivity contribution in [1.82, 2.24) is 9.55 Å². The summed E-state index contributed by atoms with van der Waals surface area (Å²) in [5, 5.41) is 0. The predicted molar refractivity (Wildman–Crippen MR) is 64.3 cm³/mol. The van der Waals surface area contributed by atoms with E-state index in [1.807, 2.05) is 0 Å². The van der Waals surface area contributed by atoms with Gasteiger partial charge in [-0.15, -0.1) is 11.6 Å². The first-order chi connectivity index (χ1) is 7.26. The van der Waals surface area contributed by atoms with Crippen molar-refractivity contribution in [3.63, 3.8) is 0 Å². The van der Waals surface area contributed by atoms with E-state index in [0.29, 0.717) is 5.88 Å². The fraction of sp³-hybridized carbons (Fsp3) is 0.417. The minimum absolute atomic E-state index is 0.480. The zero-order valence-corrected chi connectivity index (χ0v) is 9.88. The Morgan fingerprint density at radius 3 is 2.87 bits per heavy atom. The lowest BCUT2D eigenvalue weighted by Crippen LogP contribution is -2.01. The number of hydrogen-bond donors (Lipinski definition) is 0. The molecule has 1 heterocycles. The van der Waals surface area contributed by atoms with Crippen molar-refractivity contribution in [1.29, 1.82) is 0 Å². The summed E-state index contributed by atoms with van der Waals surface area (Å²) in [7, 11) is 0. The van der Waals surface area contributed by atoms with Gasteiger partial charge in [0.15, 0.2) is 0 Å². The second-order valence-corrected chi connectivity index (χ2v) is 4.07. The summed E-state index contributed by atoms with van der Waals surface area (Å²) in [5.41, 5.74) is 3.51. The van der Waals surface area contributed by atoms with Crippen LogP contribution in [-0.4, -0.2) is 9.55 Å². The van der Waals surface area contributed by atoms with Gasteiger partial charge in [0.25, 0.3) is 0 Å². The Kier molecular flexibility index (Phi) is 2.96. The number of hydrogen-bond acceptors (Lipinski definition) is 1. The zero-order valence-electron chi connectivity index (χ0n) is 9.13. The van der Waals surface area contributed by atoms with E-state index in [1.165, 1.54) is 11.1 Å². The second kappa shape index (κ2) is 4.23. The second-order valence-electron chi connectivity index (χ2n) is 3.81. The average Bonchev–Trinajstić information content (AvgIpc) is 2.57. The zero-order chi connectivity index (χ0) is 10.8. The van der Waals surface area contributed by atoms with E-state index in [9.17, 15) is 0 Å². The minimum atomic E-state index is 0.480. The smallest absolute Gasteiger partial charge is 0.124 e. The van der Waals surface area contributed by atoms with Crippen LogP contribution in [0.15, 0.2) is 18.2 Å². The lowest BCUT2D eigenvalue weighted by Gasteiger charge is -2.05. The maximum absolute atomic E-state index is 5.90.